The fraction of sp³-hybridized carbons (Fsp3) is 0.0667. The Morgan fingerprint density at radius 2 is 0.600 bits per heavy atom. The Hall–Kier alpha value is -7.28. The highest BCUT2D eigenvalue weighted by Gasteiger charge is 2.23. The molecule has 0 heteroatoms. The highest BCUT2D eigenvalue weighted by atomic mass is 14.3. The molecule has 0 N–H and O–H groups in total. The van der Waals surface area contributed by atoms with E-state index in [0.717, 1.165) is 6.42 Å². The molecule has 0 amide bonds. The molecule has 1 atom stereocenters. The minimum Gasteiger partial charge on any atom is -0.0648 e. The van der Waals surface area contributed by atoms with Gasteiger partial charge in [0.15, 0.2) is 0 Å². The molecule has 0 fully saturated rings. The van der Waals surface area contributed by atoms with Crippen LogP contribution in [0.3, 0.4) is 0 Å². The van der Waals surface area contributed by atoms with Crippen LogP contribution in [0, 0.1) is 0 Å². The van der Waals surface area contributed by atoms with Gasteiger partial charge in [-0.05, 0) is 127 Å². The molecule has 0 aliphatic rings. The lowest BCUT2D eigenvalue weighted by molar-refractivity contribution is 0.734. The van der Waals surface area contributed by atoms with Crippen LogP contribution in [0.2, 0.25) is 0 Å². The van der Waals surface area contributed by atoms with E-state index in [9.17, 15) is 0 Å². The third-order valence-corrected chi connectivity index (χ3v) is 13.0. The van der Waals surface area contributed by atoms with E-state index in [1.165, 1.54) is 115 Å². The number of rotatable bonds is 7. The van der Waals surface area contributed by atoms with Gasteiger partial charge >= 0.3 is 0 Å². The number of hydrogen-bond donors (Lipinski definition) is 0. The topological polar surface area (TPSA) is 0 Å². The summed E-state index contributed by atoms with van der Waals surface area (Å²) in [7, 11) is 0. The molecule has 11 rings (SSSR count). The van der Waals surface area contributed by atoms with E-state index in [2.05, 4.69) is 226 Å². The van der Waals surface area contributed by atoms with Crippen LogP contribution in [-0.4, -0.2) is 0 Å². The van der Waals surface area contributed by atoms with Crippen molar-refractivity contribution in [3.63, 3.8) is 0 Å². The average Bonchev–Trinajstić information content (AvgIpc) is 3.32. The Bertz CT molecular complexity index is 3290. The lowest BCUT2D eigenvalue weighted by Crippen LogP contribution is -1.95. The minimum absolute atomic E-state index is 0.538. The average molecular weight is 765 g/mol. The summed E-state index contributed by atoms with van der Waals surface area (Å²) in [5.41, 5.74) is 14.0. The summed E-state index contributed by atoms with van der Waals surface area (Å²) in [5, 5.41) is 12.6. The second kappa shape index (κ2) is 14.8. The zero-order valence-electron chi connectivity index (χ0n) is 34.0. The Morgan fingerprint density at radius 1 is 0.267 bits per heavy atom. The van der Waals surface area contributed by atoms with Crippen LogP contribution in [0.25, 0.3) is 109 Å². The molecular formula is C60H44. The molecule has 0 aliphatic heterocycles. The number of benzene rings is 11. The molecular weight excluding hydrogens is 721 g/mol. The first kappa shape index (κ1) is 35.8. The predicted octanol–water partition coefficient (Wildman–Crippen LogP) is 17.3. The minimum atomic E-state index is 0.538. The van der Waals surface area contributed by atoms with Gasteiger partial charge in [0.25, 0.3) is 0 Å². The van der Waals surface area contributed by atoms with Crippen LogP contribution in [0.15, 0.2) is 212 Å². The van der Waals surface area contributed by atoms with Gasteiger partial charge in [-0.1, -0.05) is 226 Å². The van der Waals surface area contributed by atoms with Gasteiger partial charge in [-0.3, -0.25) is 0 Å². The zero-order valence-corrected chi connectivity index (χ0v) is 34.0. The Balaban J connectivity index is 1.18. The Labute approximate surface area is 352 Å². The molecule has 0 nitrogen and oxygen atoms in total. The second-order valence-corrected chi connectivity index (χ2v) is 16.2. The van der Waals surface area contributed by atoms with E-state index < -0.39 is 0 Å². The number of fused-ring (bicyclic) bond motifs is 5. The molecule has 1 unspecified atom stereocenters. The summed E-state index contributed by atoms with van der Waals surface area (Å²) in [6, 6.07) is 79.0. The molecule has 0 aromatic heterocycles. The highest BCUT2D eigenvalue weighted by molar-refractivity contribution is 6.27. The first-order valence-corrected chi connectivity index (χ1v) is 21.3. The van der Waals surface area contributed by atoms with Crippen LogP contribution >= 0.6 is 0 Å². The third-order valence-electron chi connectivity index (χ3n) is 13.0. The van der Waals surface area contributed by atoms with Crippen molar-refractivity contribution in [1.82, 2.24) is 0 Å². The van der Waals surface area contributed by atoms with E-state index in [1.807, 2.05) is 0 Å². The van der Waals surface area contributed by atoms with Crippen LogP contribution < -0.4 is 0 Å². The molecule has 284 valence electrons. The molecule has 0 radical (unpaired) electrons. The number of hydrogen-bond acceptors (Lipinski definition) is 0. The summed E-state index contributed by atoms with van der Waals surface area (Å²) in [6.07, 6.45) is 1.13. The molecule has 0 spiro atoms. The Kier molecular flexibility index (Phi) is 8.86. The van der Waals surface area contributed by atoms with Crippen LogP contribution in [-0.2, 0) is 0 Å². The largest absolute Gasteiger partial charge is 0.0648 e. The van der Waals surface area contributed by atoms with Gasteiger partial charge in [0.05, 0.1) is 0 Å². The summed E-state index contributed by atoms with van der Waals surface area (Å²) in [6.45, 7) is 4.58. The van der Waals surface area contributed by atoms with Crippen molar-refractivity contribution in [2.24, 2.45) is 0 Å². The lowest BCUT2D eigenvalue weighted by Gasteiger charge is -2.22. The molecule has 0 heterocycles. The van der Waals surface area contributed by atoms with E-state index in [1.54, 1.807) is 0 Å². The fourth-order valence-electron chi connectivity index (χ4n) is 9.96. The van der Waals surface area contributed by atoms with E-state index in [0.29, 0.717) is 5.92 Å². The van der Waals surface area contributed by atoms with Gasteiger partial charge in [0.1, 0.15) is 0 Å². The maximum Gasteiger partial charge on any atom is -0.00201 e. The van der Waals surface area contributed by atoms with Crippen molar-refractivity contribution >= 4 is 53.9 Å². The van der Waals surface area contributed by atoms with Gasteiger partial charge in [-0.2, -0.15) is 0 Å². The van der Waals surface area contributed by atoms with Gasteiger partial charge in [0.2, 0.25) is 0 Å². The third kappa shape index (κ3) is 5.75. The highest BCUT2D eigenvalue weighted by Crippen LogP contribution is 2.50. The lowest BCUT2D eigenvalue weighted by atomic mass is 9.81. The van der Waals surface area contributed by atoms with E-state index >= 15 is 0 Å². The zero-order chi connectivity index (χ0) is 40.2. The van der Waals surface area contributed by atoms with E-state index in [4.69, 9.17) is 0 Å². The quantitative estimate of drug-likeness (QED) is 0.142. The van der Waals surface area contributed by atoms with Gasteiger partial charge in [0, 0.05) is 0 Å². The predicted molar refractivity (Wildman–Crippen MR) is 260 cm³/mol. The molecule has 0 saturated heterocycles. The van der Waals surface area contributed by atoms with Gasteiger partial charge in [-0.25, -0.2) is 0 Å². The Morgan fingerprint density at radius 3 is 1.02 bits per heavy atom. The smallest absolute Gasteiger partial charge is 0.00201 e. The van der Waals surface area contributed by atoms with Crippen molar-refractivity contribution < 1.29 is 0 Å². The van der Waals surface area contributed by atoms with Crippen LogP contribution in [0.5, 0.6) is 0 Å². The van der Waals surface area contributed by atoms with Crippen molar-refractivity contribution in [3.05, 3.63) is 218 Å². The first-order chi connectivity index (χ1) is 29.7. The van der Waals surface area contributed by atoms with Crippen LogP contribution in [0.4, 0.5) is 0 Å². The van der Waals surface area contributed by atoms with Crippen molar-refractivity contribution in [2.45, 2.75) is 26.2 Å². The normalized spacial score (nSPS) is 12.2. The SMILES string of the molecule is CCC(C)c1ccc(-c2c3ccccc3c(-c3ccc(-c4c5ccccc5c(-c5ccccc5-c5ccccc5)c5ccccc45)c4ccccc34)c3ccccc23)cc1. The fourth-order valence-corrected chi connectivity index (χ4v) is 9.96. The molecule has 11 aromatic rings. The summed E-state index contributed by atoms with van der Waals surface area (Å²) in [5.74, 6) is 0.538. The summed E-state index contributed by atoms with van der Waals surface area (Å²) in [4.78, 5) is 0. The first-order valence-electron chi connectivity index (χ1n) is 21.3. The maximum atomic E-state index is 2.40. The van der Waals surface area contributed by atoms with Gasteiger partial charge < -0.3 is 0 Å². The van der Waals surface area contributed by atoms with Crippen molar-refractivity contribution in [2.75, 3.05) is 0 Å². The second-order valence-electron chi connectivity index (χ2n) is 16.2. The van der Waals surface area contributed by atoms with E-state index in [-0.39, 0.29) is 0 Å². The molecule has 0 bridgehead atoms. The standard InChI is InChI=1S/C60H44/c1-3-39(2)40-33-35-42(36-34-40)57-47-25-11-13-27-49(47)59(50-28-14-12-26-48(50)57)55-37-38-56(45-23-9-8-22-44(45)55)60-53-31-17-15-29-51(53)58(52-30-16-18-32-54(52)60)46-24-10-7-21-43(46)41-19-5-4-6-20-41/h4-39H,3H2,1-2H3. The molecule has 0 saturated carbocycles. The maximum absolute atomic E-state index is 2.40. The molecule has 11 aromatic carbocycles. The van der Waals surface area contributed by atoms with Crippen molar-refractivity contribution in [1.29, 1.82) is 0 Å². The summed E-state index contributed by atoms with van der Waals surface area (Å²) >= 11 is 0. The molecule has 0 aliphatic carbocycles. The monoisotopic (exact) mass is 764 g/mol. The van der Waals surface area contributed by atoms with Crippen LogP contribution in [0.1, 0.15) is 31.7 Å². The molecule has 60 heavy (non-hydrogen) atoms. The van der Waals surface area contributed by atoms with Gasteiger partial charge in [-0.15, -0.1) is 0 Å². The van der Waals surface area contributed by atoms with Crippen molar-refractivity contribution in [3.8, 4) is 55.6 Å². The summed E-state index contributed by atoms with van der Waals surface area (Å²) < 4.78 is 0.